The first-order valence-electron chi connectivity index (χ1n) is 21.2. The fourth-order valence-electron chi connectivity index (χ4n) is 6.07. The predicted octanol–water partition coefficient (Wildman–Crippen LogP) is 8.00. The van der Waals surface area contributed by atoms with Gasteiger partial charge in [0.1, 0.15) is 36.8 Å². The molecule has 0 radical (unpaired) electrons. The number of rotatable bonds is 34. The fraction of sp³-hybridized carbons (Fsp3) is 0.767. The number of carbonyl (C=O) groups is 2. The molecular weight excluding hydrogens is 741 g/mol. The number of allylic oxidation sites excluding steroid dienone is 8. The van der Waals surface area contributed by atoms with Gasteiger partial charge in [0.25, 0.3) is 10.1 Å². The molecule has 0 saturated carbocycles. The Morgan fingerprint density at radius 2 is 1.07 bits per heavy atom. The third-order valence-electron chi connectivity index (χ3n) is 9.41. The molecular formula is C43H74O12S. The highest BCUT2D eigenvalue weighted by molar-refractivity contribution is 7.85. The van der Waals surface area contributed by atoms with E-state index < -0.39 is 71.2 Å². The molecule has 1 fully saturated rings. The number of unbranched alkanes of at least 4 members (excludes halogenated alkanes) is 14. The maximum atomic E-state index is 12.7. The summed E-state index contributed by atoms with van der Waals surface area (Å²) in [5, 5.41) is 30.8. The normalized spacial score (nSPS) is 21.1. The van der Waals surface area contributed by atoms with Gasteiger partial charge in [-0.25, -0.2) is 0 Å². The number of esters is 2. The van der Waals surface area contributed by atoms with Crippen LogP contribution in [0.4, 0.5) is 0 Å². The largest absolute Gasteiger partial charge is 0.462 e. The summed E-state index contributed by atoms with van der Waals surface area (Å²) in [7, 11) is -4.60. The lowest BCUT2D eigenvalue weighted by Crippen LogP contribution is -2.60. The third kappa shape index (κ3) is 28.1. The van der Waals surface area contributed by atoms with E-state index in [9.17, 15) is 37.9 Å². The molecule has 0 aromatic heterocycles. The molecule has 0 aliphatic carbocycles. The molecule has 13 heteroatoms. The minimum atomic E-state index is -4.60. The molecule has 1 aliphatic heterocycles. The Balaban J connectivity index is 2.46. The van der Waals surface area contributed by atoms with E-state index in [2.05, 4.69) is 62.5 Å². The van der Waals surface area contributed by atoms with Crippen LogP contribution in [0.5, 0.6) is 0 Å². The smallest absolute Gasteiger partial charge is 0.306 e. The van der Waals surface area contributed by atoms with Crippen LogP contribution in [0.2, 0.25) is 0 Å². The second-order valence-electron chi connectivity index (χ2n) is 14.7. The van der Waals surface area contributed by atoms with Gasteiger partial charge < -0.3 is 34.3 Å². The molecule has 1 saturated heterocycles. The predicted molar refractivity (Wildman–Crippen MR) is 219 cm³/mol. The lowest BCUT2D eigenvalue weighted by Gasteiger charge is -2.40. The fourth-order valence-corrected chi connectivity index (χ4v) is 6.76. The number of aliphatic hydroxyl groups is 3. The van der Waals surface area contributed by atoms with E-state index in [1.54, 1.807) is 0 Å². The Morgan fingerprint density at radius 1 is 0.607 bits per heavy atom. The van der Waals surface area contributed by atoms with Gasteiger partial charge in [-0.2, -0.15) is 8.42 Å². The second kappa shape index (κ2) is 33.6. The average molecular weight is 815 g/mol. The minimum Gasteiger partial charge on any atom is -0.462 e. The van der Waals surface area contributed by atoms with E-state index in [0.29, 0.717) is 12.8 Å². The van der Waals surface area contributed by atoms with Gasteiger partial charge in [-0.15, -0.1) is 0 Å². The highest BCUT2D eigenvalue weighted by Gasteiger charge is 2.46. The first-order valence-corrected chi connectivity index (χ1v) is 22.8. The maximum Gasteiger partial charge on any atom is 0.306 e. The van der Waals surface area contributed by atoms with Crippen molar-refractivity contribution in [1.29, 1.82) is 0 Å². The van der Waals surface area contributed by atoms with Crippen molar-refractivity contribution in [2.75, 3.05) is 19.0 Å². The number of hydrogen-bond donors (Lipinski definition) is 4. The number of carbonyl (C=O) groups excluding carboxylic acids is 2. The zero-order valence-corrected chi connectivity index (χ0v) is 35.0. The van der Waals surface area contributed by atoms with Crippen molar-refractivity contribution in [3.63, 3.8) is 0 Å². The quantitative estimate of drug-likeness (QED) is 0.0213. The van der Waals surface area contributed by atoms with Crippen LogP contribution >= 0.6 is 0 Å². The van der Waals surface area contributed by atoms with Crippen LogP contribution in [0.15, 0.2) is 48.6 Å². The van der Waals surface area contributed by atoms with Crippen molar-refractivity contribution in [2.45, 2.75) is 192 Å². The zero-order chi connectivity index (χ0) is 41.3. The van der Waals surface area contributed by atoms with Crippen molar-refractivity contribution in [3.8, 4) is 0 Å². The summed E-state index contributed by atoms with van der Waals surface area (Å²) >= 11 is 0. The third-order valence-corrected chi connectivity index (χ3v) is 10.2. The van der Waals surface area contributed by atoms with Gasteiger partial charge >= 0.3 is 11.9 Å². The summed E-state index contributed by atoms with van der Waals surface area (Å²) in [6.07, 6.45) is 28.9. The van der Waals surface area contributed by atoms with Crippen LogP contribution in [0, 0.1) is 0 Å². The lowest BCUT2D eigenvalue weighted by molar-refractivity contribution is -0.297. The highest BCUT2D eigenvalue weighted by Crippen LogP contribution is 2.24. The number of ether oxygens (including phenoxy) is 4. The van der Waals surface area contributed by atoms with E-state index in [4.69, 9.17) is 18.9 Å². The number of aliphatic hydroxyl groups excluding tert-OH is 3. The van der Waals surface area contributed by atoms with Crippen molar-refractivity contribution < 1.29 is 56.8 Å². The Morgan fingerprint density at radius 3 is 1.62 bits per heavy atom. The van der Waals surface area contributed by atoms with E-state index >= 15 is 0 Å². The Bertz CT molecular complexity index is 1230. The highest BCUT2D eigenvalue weighted by atomic mass is 32.2. The van der Waals surface area contributed by atoms with Crippen LogP contribution in [0.1, 0.15) is 155 Å². The maximum absolute atomic E-state index is 12.7. The number of hydrogen-bond acceptors (Lipinski definition) is 11. The van der Waals surface area contributed by atoms with Gasteiger partial charge in [-0.05, 0) is 57.8 Å². The van der Waals surface area contributed by atoms with E-state index in [1.165, 1.54) is 57.8 Å². The van der Waals surface area contributed by atoms with Crippen molar-refractivity contribution in [1.82, 2.24) is 0 Å². The van der Waals surface area contributed by atoms with E-state index in [0.717, 1.165) is 57.8 Å². The van der Waals surface area contributed by atoms with Crippen LogP contribution < -0.4 is 0 Å². The monoisotopic (exact) mass is 814 g/mol. The molecule has 0 aromatic carbocycles. The topological polar surface area (TPSA) is 186 Å². The molecule has 324 valence electrons. The van der Waals surface area contributed by atoms with Crippen LogP contribution in [-0.2, 0) is 38.7 Å². The Kier molecular flexibility index (Phi) is 30.9. The first-order chi connectivity index (χ1) is 27.0. The van der Waals surface area contributed by atoms with Gasteiger partial charge in [-0.1, -0.05) is 133 Å². The summed E-state index contributed by atoms with van der Waals surface area (Å²) in [6.45, 7) is 3.65. The summed E-state index contributed by atoms with van der Waals surface area (Å²) in [5.74, 6) is -2.03. The summed E-state index contributed by atoms with van der Waals surface area (Å²) < 4.78 is 53.8. The van der Waals surface area contributed by atoms with Gasteiger partial charge in [-0.3, -0.25) is 14.1 Å². The average Bonchev–Trinajstić information content (AvgIpc) is 3.16. The summed E-state index contributed by atoms with van der Waals surface area (Å²) in [6, 6.07) is 0. The molecule has 4 N–H and O–H groups in total. The molecule has 2 unspecified atom stereocenters. The molecule has 0 amide bonds. The van der Waals surface area contributed by atoms with E-state index in [1.807, 2.05) is 0 Å². The molecule has 1 rings (SSSR count). The molecule has 0 bridgehead atoms. The molecule has 0 spiro atoms. The van der Waals surface area contributed by atoms with Gasteiger partial charge in [0.15, 0.2) is 12.4 Å². The van der Waals surface area contributed by atoms with Crippen molar-refractivity contribution in [3.05, 3.63) is 48.6 Å². The molecule has 6 atom stereocenters. The van der Waals surface area contributed by atoms with Crippen LogP contribution in [0.3, 0.4) is 0 Å². The van der Waals surface area contributed by atoms with Crippen LogP contribution in [-0.4, -0.2) is 96.0 Å². The van der Waals surface area contributed by atoms with Gasteiger partial charge in [0, 0.05) is 12.8 Å². The summed E-state index contributed by atoms with van der Waals surface area (Å²) in [5.41, 5.74) is 0. The first kappa shape index (κ1) is 51.6. The molecule has 1 heterocycles. The minimum absolute atomic E-state index is 0.156. The van der Waals surface area contributed by atoms with Crippen molar-refractivity contribution in [2.24, 2.45) is 0 Å². The molecule has 0 aromatic rings. The lowest BCUT2D eigenvalue weighted by atomic mass is 10.00. The standard InChI is InChI=1S/C43H74O12S/c1-3-5-7-9-11-13-14-15-16-17-18-19-20-21-22-24-25-27-29-31-38(44)52-33-36(54-39(45)32-30-28-26-23-12-10-8-6-4-2)34-53-43-42(48)41(47)40(46)37(55-43)35-56(49,50)51/h11,13,15-16,18-19,21-22,36-37,40-43,46-48H,3-10,12,14,17,20,23-35H2,1-2H3,(H,49,50,51)/b13-11+,16-15+,19-18+,22-21+/t36-,37-,40-,41?,42?,43+/m1/s1. The van der Waals surface area contributed by atoms with Crippen molar-refractivity contribution >= 4 is 22.1 Å². The Hall–Kier alpha value is -2.39. The van der Waals surface area contributed by atoms with Gasteiger partial charge in [0.05, 0.1) is 6.61 Å². The van der Waals surface area contributed by atoms with Gasteiger partial charge in [0.2, 0.25) is 0 Å². The zero-order valence-electron chi connectivity index (χ0n) is 34.2. The molecule has 56 heavy (non-hydrogen) atoms. The van der Waals surface area contributed by atoms with Crippen LogP contribution in [0.25, 0.3) is 0 Å². The Labute approximate surface area is 337 Å². The molecule has 1 aliphatic rings. The molecule has 12 nitrogen and oxygen atoms in total. The van der Waals surface area contributed by atoms with E-state index in [-0.39, 0.29) is 19.4 Å². The second-order valence-corrected chi connectivity index (χ2v) is 16.2. The summed E-state index contributed by atoms with van der Waals surface area (Å²) in [4.78, 5) is 25.2. The SMILES string of the molecule is CCCCC/C=C/C/C=C/C/C=C/C/C=C/CCCCCC(=O)OC[C@H](CO[C@H]1O[C@H](CS(=O)(=O)O)[C@@H](O)C(O)C1O)OC(=O)CCCCCCCCCCC.